The van der Waals surface area contributed by atoms with E-state index < -0.39 is 20.1 Å². The molecule has 0 radical (unpaired) electrons. The van der Waals surface area contributed by atoms with Gasteiger partial charge in [0, 0.05) is 10.4 Å². The lowest BCUT2D eigenvalue weighted by atomic mass is 11.0. The zero-order valence-corrected chi connectivity index (χ0v) is 8.28. The lowest BCUT2D eigenvalue weighted by molar-refractivity contribution is -1.92. The summed E-state index contributed by atoms with van der Waals surface area (Å²) >= 11 is -5.69. The van der Waals surface area contributed by atoms with Gasteiger partial charge in [-0.3, -0.25) is 10.3 Å². The Labute approximate surface area is 62.3 Å². The second-order valence-corrected chi connectivity index (χ2v) is 2.88. The van der Waals surface area contributed by atoms with Crippen molar-refractivity contribution >= 4 is 9.90 Å². The van der Waals surface area contributed by atoms with Gasteiger partial charge in [0.2, 0.25) is 0 Å². The van der Waals surface area contributed by atoms with Crippen molar-refractivity contribution in [1.82, 2.24) is 0 Å². The molecule has 0 aromatic rings. The maximum Gasteiger partial charge on any atom is 0.368 e. The van der Waals surface area contributed by atoms with E-state index in [4.69, 9.17) is 19.0 Å². The van der Waals surface area contributed by atoms with E-state index in [9.17, 15) is 0 Å². The van der Waals surface area contributed by atoms with Crippen molar-refractivity contribution in [3.05, 3.63) is 0 Å². The van der Waals surface area contributed by atoms with Gasteiger partial charge < -0.3 is 0 Å². The van der Waals surface area contributed by atoms with Gasteiger partial charge in [0.25, 0.3) is 0 Å². The van der Waals surface area contributed by atoms with Crippen molar-refractivity contribution in [2.24, 2.45) is 0 Å². The molecule has 0 aliphatic carbocycles. The van der Waals surface area contributed by atoms with E-state index in [1.54, 1.807) is 6.07 Å². The molecule has 0 saturated heterocycles. The van der Waals surface area contributed by atoms with Crippen LogP contribution in [0.25, 0.3) is 0 Å². The smallest absolute Gasteiger partial charge is 0.256 e. The minimum Gasteiger partial charge on any atom is -0.256 e. The fourth-order valence-corrected chi connectivity index (χ4v) is 0. The first kappa shape index (κ1) is 16.2. The van der Waals surface area contributed by atoms with E-state index in [1.807, 2.05) is 0 Å². The first-order valence-corrected chi connectivity index (χ1v) is 4.96. The largest absolute Gasteiger partial charge is 0.368 e. The summed E-state index contributed by atoms with van der Waals surface area (Å²) in [6, 6.07) is 1.75. The molecule has 0 amide bonds. The van der Waals surface area contributed by atoms with Crippen molar-refractivity contribution in [2.45, 2.75) is 6.92 Å². The minimum absolute atomic E-state index is 0. The van der Waals surface area contributed by atoms with Gasteiger partial charge in [-0.25, -0.2) is 0 Å². The van der Waals surface area contributed by atoms with Gasteiger partial charge in [-0.1, -0.05) is 0 Å². The van der Waals surface area contributed by atoms with Crippen molar-refractivity contribution in [1.29, 1.82) is 5.26 Å². The Kier molecular flexibility index (Phi) is 15.3. The molecule has 1 N–H and O–H groups in total. The summed E-state index contributed by atoms with van der Waals surface area (Å²) in [6.45, 7) is 1.43. The highest BCUT2D eigenvalue weighted by Gasteiger charge is 2.11. The third kappa shape index (κ3) is 1490. The predicted octanol–water partition coefficient (Wildman–Crippen LogP) is -6.53. The van der Waals surface area contributed by atoms with Crippen LogP contribution >= 0.6 is 9.90 Å². The Morgan fingerprint density at radius 1 is 1.44 bits per heavy atom. The standard InChI is InChI=1S/C2H3N.HIO4.H3P/c1-2-3;2-1(3,4)5;/h1H3;2H;1H3. The minimum atomic E-state index is -5.69. The van der Waals surface area contributed by atoms with E-state index in [0.29, 0.717) is 0 Å². The summed E-state index contributed by atoms with van der Waals surface area (Å²) in [4.78, 5) is 0. The van der Waals surface area contributed by atoms with Crippen LogP contribution in [0, 0.1) is 11.3 Å². The molecule has 0 saturated carbocycles. The topological polar surface area (TPSA) is 113 Å². The molecule has 1 unspecified atom stereocenters. The Hall–Kier alpha value is 0.490. The molecule has 7 heteroatoms. The van der Waals surface area contributed by atoms with Gasteiger partial charge in [-0.05, 0) is 0 Å². The molecule has 0 fully saturated rings. The van der Waals surface area contributed by atoms with Gasteiger partial charge >= 0.3 is 20.1 Å². The van der Waals surface area contributed by atoms with E-state index in [2.05, 4.69) is 0 Å². The highest BCUT2D eigenvalue weighted by molar-refractivity contribution is 6.92. The zero-order valence-electron chi connectivity index (χ0n) is 4.70. The predicted molar refractivity (Wildman–Crippen MR) is 24.6 cm³/mol. The third-order valence-electron chi connectivity index (χ3n) is 0. The Balaban J connectivity index is -0.0000000800. The van der Waals surface area contributed by atoms with Crippen LogP contribution in [-0.2, 0) is 0 Å². The molecule has 0 heterocycles. The number of hydrogen-bond acceptors (Lipinski definition) is 5. The van der Waals surface area contributed by atoms with Gasteiger partial charge in [0.1, 0.15) is 0 Å². The van der Waals surface area contributed by atoms with E-state index in [0.717, 1.165) is 0 Å². The van der Waals surface area contributed by atoms with Crippen LogP contribution in [0.1, 0.15) is 6.92 Å². The van der Waals surface area contributed by atoms with Crippen LogP contribution < -0.4 is 30.4 Å². The second kappa shape index (κ2) is 8.49. The average Bonchev–Trinajstić information content (AvgIpc) is 1.27. The molecule has 0 spiro atoms. The Morgan fingerprint density at radius 2 is 1.44 bits per heavy atom. The fourth-order valence-electron chi connectivity index (χ4n) is 0. The summed E-state index contributed by atoms with van der Waals surface area (Å²) < 4.78 is 33.2. The van der Waals surface area contributed by atoms with Crippen molar-refractivity contribution in [2.75, 3.05) is 0 Å². The fraction of sp³-hybridized carbons (Fsp3) is 0.500. The van der Waals surface area contributed by atoms with E-state index >= 15 is 0 Å². The third-order valence-corrected chi connectivity index (χ3v) is 0. The molecule has 0 aromatic heterocycles. The Morgan fingerprint density at radius 3 is 1.44 bits per heavy atom. The highest BCUT2D eigenvalue weighted by Crippen LogP contribution is 1.21. The molecule has 0 aromatic carbocycles. The first-order chi connectivity index (χ1) is 3.41. The van der Waals surface area contributed by atoms with Gasteiger partial charge in [-0.15, -0.1) is 0 Å². The molecule has 5 nitrogen and oxygen atoms in total. The monoisotopic (exact) mass is 267 g/mol. The van der Waals surface area contributed by atoms with Crippen LogP contribution in [0.15, 0.2) is 0 Å². The van der Waals surface area contributed by atoms with Crippen LogP contribution in [-0.4, -0.2) is 3.44 Å². The number of nitriles is 1. The first-order valence-electron chi connectivity index (χ1n) is 1.36. The van der Waals surface area contributed by atoms with Crippen LogP contribution in [0.4, 0.5) is 0 Å². The van der Waals surface area contributed by atoms with Crippen LogP contribution in [0.3, 0.4) is 0 Å². The van der Waals surface area contributed by atoms with Gasteiger partial charge in [0.05, 0.1) is 6.07 Å². The summed E-state index contributed by atoms with van der Waals surface area (Å²) in [5.41, 5.74) is 0. The molecule has 0 rings (SSSR count). The summed E-state index contributed by atoms with van der Waals surface area (Å²) in [5, 5.41) is 7.32. The van der Waals surface area contributed by atoms with Crippen molar-refractivity contribution in [3.8, 4) is 6.07 Å². The zero-order chi connectivity index (χ0) is 7.21. The number of nitrogens with zero attached hydrogens (tertiary/aromatic N) is 1. The van der Waals surface area contributed by atoms with Gasteiger partial charge in [0.15, 0.2) is 0 Å². The Bertz CT molecular complexity index is 79.5. The lowest BCUT2D eigenvalue weighted by Gasteiger charge is -1.93. The molecule has 0 aliphatic heterocycles. The molecule has 0 bridgehead atoms. The summed E-state index contributed by atoms with van der Waals surface area (Å²) in [5.74, 6) is 0. The van der Waals surface area contributed by atoms with Crippen LogP contribution in [0.2, 0.25) is 0 Å². The molecule has 1 atom stereocenters. The maximum atomic E-state index is 8.73. The van der Waals surface area contributed by atoms with Crippen molar-refractivity contribution < 1.29 is 33.8 Å². The van der Waals surface area contributed by atoms with Crippen LogP contribution in [0.5, 0.6) is 0 Å². The summed E-state index contributed by atoms with van der Waals surface area (Å²) in [7, 11) is 0. The normalized spacial score (nSPS) is 7.56. The summed E-state index contributed by atoms with van der Waals surface area (Å²) in [6.07, 6.45) is 0. The highest BCUT2D eigenvalue weighted by atomic mass is 127. The number of halogens is 1. The molecular weight excluding hydrogens is 260 g/mol. The number of rotatable bonds is 0. The SMILES string of the molecule is CC#N.P.[O-][I+3]([O-])([O-])O. The number of hydrogen-bond donors (Lipinski definition) is 1. The molecule has 0 aliphatic rings. The molecule has 56 valence electrons. The van der Waals surface area contributed by atoms with E-state index in [1.165, 1.54) is 6.92 Å². The average molecular weight is 267 g/mol. The molecule has 9 heavy (non-hydrogen) atoms. The van der Waals surface area contributed by atoms with Gasteiger partial charge in [-0.2, -0.15) is 15.2 Å². The van der Waals surface area contributed by atoms with Crippen molar-refractivity contribution in [3.63, 3.8) is 0 Å². The van der Waals surface area contributed by atoms with E-state index in [-0.39, 0.29) is 9.90 Å². The quantitative estimate of drug-likeness (QED) is 0.346. The second-order valence-electron chi connectivity index (χ2n) is 0.620. The maximum absolute atomic E-state index is 8.73. The molecular formula is C2H7INO4P. The lowest BCUT2D eigenvalue weighted by Crippen LogP contribution is -4.23.